The molecule has 2 heterocycles. The van der Waals surface area contributed by atoms with Gasteiger partial charge in [0.1, 0.15) is 18.2 Å². The Hall–Kier alpha value is -5.45. The summed E-state index contributed by atoms with van der Waals surface area (Å²) in [4.78, 5) is 5.24. The van der Waals surface area contributed by atoms with E-state index in [0.717, 1.165) is 22.6 Å². The molecule has 0 spiro atoms. The molecule has 2 atom stereocenters. The number of aliphatic imine (C=N–C) groups is 1. The lowest BCUT2D eigenvalue weighted by atomic mass is 9.82. The normalized spacial score (nSPS) is 18.2. The van der Waals surface area contributed by atoms with Crippen LogP contribution in [0.2, 0.25) is 0 Å². The van der Waals surface area contributed by atoms with Crippen molar-refractivity contribution in [3.8, 4) is 16.8 Å². The van der Waals surface area contributed by atoms with Crippen LogP contribution < -0.4 is 10.6 Å². The number of para-hydroxylation sites is 1. The predicted molar refractivity (Wildman–Crippen MR) is 190 cm³/mol. The van der Waals surface area contributed by atoms with Crippen LogP contribution in [-0.4, -0.2) is 10.4 Å². The molecule has 0 bridgehead atoms. The number of nitrogens with zero attached hydrogens (tertiary/aromatic N) is 2. The molecule has 0 fully saturated rings. The molecule has 2 N–H and O–H groups in total. The van der Waals surface area contributed by atoms with Gasteiger partial charge in [0.05, 0.1) is 11.0 Å². The Morgan fingerprint density at radius 1 is 0.630 bits per heavy atom. The monoisotopic (exact) mass is 594 g/mol. The summed E-state index contributed by atoms with van der Waals surface area (Å²) in [7, 11) is 0. The second-order valence-electron chi connectivity index (χ2n) is 12.9. The van der Waals surface area contributed by atoms with Gasteiger partial charge in [-0.15, -0.1) is 0 Å². The summed E-state index contributed by atoms with van der Waals surface area (Å²) >= 11 is 0. The van der Waals surface area contributed by atoms with Crippen molar-refractivity contribution in [2.45, 2.75) is 31.6 Å². The molecule has 6 aromatic carbocycles. The maximum atomic E-state index is 5.24. The SMILES string of the molecule is CC1(C)c2ccccc2-c2c1ccc1c3ccccc3n(-c3cccc(C4=NC(c5ccccc5)NC(c5ccccc5)N4)c3)c21. The number of rotatable bonds is 4. The van der Waals surface area contributed by atoms with E-state index in [-0.39, 0.29) is 17.7 Å². The third-order valence-electron chi connectivity index (χ3n) is 9.87. The summed E-state index contributed by atoms with van der Waals surface area (Å²) < 4.78 is 2.47. The summed E-state index contributed by atoms with van der Waals surface area (Å²) in [5.74, 6) is 0.876. The van der Waals surface area contributed by atoms with Crippen molar-refractivity contribution >= 4 is 27.6 Å². The maximum absolute atomic E-state index is 5.24. The molecule has 222 valence electrons. The molecular formula is C42H34N4. The van der Waals surface area contributed by atoms with Crippen molar-refractivity contribution < 1.29 is 0 Å². The van der Waals surface area contributed by atoms with E-state index in [9.17, 15) is 0 Å². The second kappa shape index (κ2) is 10.3. The predicted octanol–water partition coefficient (Wildman–Crippen LogP) is 9.43. The van der Waals surface area contributed by atoms with Crippen LogP contribution in [0, 0.1) is 0 Å². The molecule has 0 saturated heterocycles. The summed E-state index contributed by atoms with van der Waals surface area (Å²) in [5.41, 5.74) is 12.3. The maximum Gasteiger partial charge on any atom is 0.131 e. The number of aromatic nitrogens is 1. The van der Waals surface area contributed by atoms with E-state index < -0.39 is 0 Å². The first-order valence-corrected chi connectivity index (χ1v) is 16.1. The number of benzene rings is 6. The topological polar surface area (TPSA) is 41.4 Å². The quantitative estimate of drug-likeness (QED) is 0.213. The molecule has 4 heteroatoms. The average Bonchev–Trinajstić information content (AvgIpc) is 3.58. The molecule has 0 saturated carbocycles. The third kappa shape index (κ3) is 4.07. The number of hydrogen-bond acceptors (Lipinski definition) is 3. The van der Waals surface area contributed by atoms with Gasteiger partial charge in [0.15, 0.2) is 0 Å². The fourth-order valence-corrected chi connectivity index (χ4v) is 7.63. The molecule has 2 unspecified atom stereocenters. The minimum atomic E-state index is -0.179. The second-order valence-corrected chi connectivity index (χ2v) is 12.9. The van der Waals surface area contributed by atoms with E-state index in [1.807, 2.05) is 0 Å². The molecule has 0 amide bonds. The van der Waals surface area contributed by atoms with Crippen molar-refractivity contribution in [2.75, 3.05) is 0 Å². The molecule has 1 aliphatic heterocycles. The smallest absolute Gasteiger partial charge is 0.131 e. The Balaban J connectivity index is 1.25. The van der Waals surface area contributed by atoms with Gasteiger partial charge in [-0.2, -0.15) is 0 Å². The fourth-order valence-electron chi connectivity index (χ4n) is 7.63. The highest BCUT2D eigenvalue weighted by Gasteiger charge is 2.37. The number of amidine groups is 1. The highest BCUT2D eigenvalue weighted by molar-refractivity contribution is 6.15. The van der Waals surface area contributed by atoms with Gasteiger partial charge in [-0.25, -0.2) is 4.99 Å². The van der Waals surface area contributed by atoms with E-state index in [2.05, 4.69) is 175 Å². The van der Waals surface area contributed by atoms with Crippen molar-refractivity contribution in [1.82, 2.24) is 15.2 Å². The zero-order valence-electron chi connectivity index (χ0n) is 25.9. The first kappa shape index (κ1) is 26.9. The lowest BCUT2D eigenvalue weighted by molar-refractivity contribution is 0.409. The van der Waals surface area contributed by atoms with Gasteiger partial charge in [0.25, 0.3) is 0 Å². The summed E-state index contributed by atoms with van der Waals surface area (Å²) in [6.45, 7) is 4.70. The molecule has 2 aliphatic rings. The van der Waals surface area contributed by atoms with Crippen molar-refractivity contribution in [1.29, 1.82) is 0 Å². The molecule has 9 rings (SSSR count). The van der Waals surface area contributed by atoms with Crippen molar-refractivity contribution in [3.05, 3.63) is 173 Å². The third-order valence-corrected chi connectivity index (χ3v) is 9.87. The van der Waals surface area contributed by atoms with Crippen LogP contribution >= 0.6 is 0 Å². The standard InChI is InChI=1S/C42H34N4/c1-42(2)34-22-11-9-21-33(34)37-35(42)25-24-32-31-20-10-12-23-36(31)46(38(32)37)30-19-13-18-29(26-30)41-44-39(27-14-5-3-6-15-27)43-40(45-41)28-16-7-4-8-17-28/h3-26,39-40,43H,1-2H3,(H,44,45). The van der Waals surface area contributed by atoms with Gasteiger partial charge in [-0.1, -0.05) is 141 Å². The fraction of sp³-hybridized carbons (Fsp3) is 0.119. The van der Waals surface area contributed by atoms with E-state index in [0.29, 0.717) is 0 Å². The first-order valence-electron chi connectivity index (χ1n) is 16.1. The molecule has 7 aromatic rings. The molecule has 1 aromatic heterocycles. The largest absolute Gasteiger partial charge is 0.350 e. The molecule has 0 radical (unpaired) electrons. The van der Waals surface area contributed by atoms with Crippen molar-refractivity contribution in [3.63, 3.8) is 0 Å². The van der Waals surface area contributed by atoms with E-state index >= 15 is 0 Å². The highest BCUT2D eigenvalue weighted by atomic mass is 15.3. The van der Waals surface area contributed by atoms with Gasteiger partial charge in [0.2, 0.25) is 0 Å². The van der Waals surface area contributed by atoms with Gasteiger partial charge < -0.3 is 9.88 Å². The van der Waals surface area contributed by atoms with E-state index in [1.165, 1.54) is 49.6 Å². The zero-order valence-corrected chi connectivity index (χ0v) is 25.9. The minimum Gasteiger partial charge on any atom is -0.350 e. The van der Waals surface area contributed by atoms with Crippen molar-refractivity contribution in [2.24, 2.45) is 4.99 Å². The van der Waals surface area contributed by atoms with Crippen LogP contribution in [0.4, 0.5) is 0 Å². The lowest BCUT2D eigenvalue weighted by Gasteiger charge is -2.32. The Bertz CT molecular complexity index is 2300. The summed E-state index contributed by atoms with van der Waals surface area (Å²) in [5, 5.41) is 9.98. The summed E-state index contributed by atoms with van der Waals surface area (Å²) in [6, 6.07) is 52.3. The van der Waals surface area contributed by atoms with Crippen LogP contribution in [0.1, 0.15) is 54.0 Å². The summed E-state index contributed by atoms with van der Waals surface area (Å²) in [6.07, 6.45) is -0.264. The number of hydrogen-bond donors (Lipinski definition) is 2. The first-order chi connectivity index (χ1) is 22.6. The van der Waals surface area contributed by atoms with Crippen LogP contribution in [-0.2, 0) is 5.41 Å². The Morgan fingerprint density at radius 3 is 2.17 bits per heavy atom. The minimum absolute atomic E-state index is 0.0735. The van der Waals surface area contributed by atoms with Gasteiger partial charge in [-0.05, 0) is 46.0 Å². The zero-order chi connectivity index (χ0) is 30.8. The number of nitrogens with one attached hydrogen (secondary N) is 2. The van der Waals surface area contributed by atoms with Crippen LogP contribution in [0.3, 0.4) is 0 Å². The molecule has 4 nitrogen and oxygen atoms in total. The van der Waals surface area contributed by atoms with Gasteiger partial charge in [-0.3, -0.25) is 5.32 Å². The van der Waals surface area contributed by atoms with E-state index in [4.69, 9.17) is 4.99 Å². The Morgan fingerprint density at radius 2 is 1.35 bits per heavy atom. The molecule has 46 heavy (non-hydrogen) atoms. The van der Waals surface area contributed by atoms with E-state index in [1.54, 1.807) is 0 Å². The van der Waals surface area contributed by atoms with Crippen LogP contribution in [0.5, 0.6) is 0 Å². The molecular weight excluding hydrogens is 560 g/mol. The van der Waals surface area contributed by atoms with Gasteiger partial charge in [0, 0.05) is 33.0 Å². The lowest BCUT2D eigenvalue weighted by Crippen LogP contribution is -2.44. The Kier molecular flexibility index (Phi) is 6.02. The number of fused-ring (bicyclic) bond motifs is 7. The van der Waals surface area contributed by atoms with Gasteiger partial charge >= 0.3 is 0 Å². The van der Waals surface area contributed by atoms with Crippen LogP contribution in [0.25, 0.3) is 38.6 Å². The Labute approximate surface area is 269 Å². The molecule has 1 aliphatic carbocycles. The van der Waals surface area contributed by atoms with Crippen LogP contribution in [0.15, 0.2) is 151 Å². The average molecular weight is 595 g/mol. The highest BCUT2D eigenvalue weighted by Crippen LogP contribution is 2.52.